The number of carbonyl (C=O) groups excluding carboxylic acids is 1. The normalized spacial score (nSPS) is 15.9. The largest absolute Gasteiger partial charge is 0.489 e. The van der Waals surface area contributed by atoms with Gasteiger partial charge in [-0.3, -0.25) is 9.89 Å². The van der Waals surface area contributed by atoms with Crippen LogP contribution in [0.2, 0.25) is 0 Å². The van der Waals surface area contributed by atoms with Gasteiger partial charge in [0.1, 0.15) is 11.9 Å². The predicted molar refractivity (Wildman–Crippen MR) is 113 cm³/mol. The molecule has 1 aliphatic rings. The summed E-state index contributed by atoms with van der Waals surface area (Å²) in [6, 6.07) is 17.3. The van der Waals surface area contributed by atoms with E-state index < -0.39 is 0 Å². The van der Waals surface area contributed by atoms with E-state index in [4.69, 9.17) is 9.26 Å². The van der Waals surface area contributed by atoms with Crippen molar-refractivity contribution in [3.05, 3.63) is 72.2 Å². The third kappa shape index (κ3) is 3.92. The predicted octanol–water partition coefficient (Wildman–Crippen LogP) is 3.73. The van der Waals surface area contributed by atoms with E-state index in [1.165, 1.54) is 0 Å². The van der Waals surface area contributed by atoms with Crippen LogP contribution in [-0.4, -0.2) is 50.3 Å². The van der Waals surface area contributed by atoms with Crippen molar-refractivity contribution in [2.24, 2.45) is 0 Å². The van der Waals surface area contributed by atoms with Crippen LogP contribution in [0.3, 0.4) is 0 Å². The lowest BCUT2D eigenvalue weighted by Gasteiger charge is -2.17. The number of nitrogens with zero attached hydrogens (tertiary/aromatic N) is 4. The molecule has 4 aromatic rings. The number of hydrogen-bond acceptors (Lipinski definition) is 6. The molecule has 2 aromatic carbocycles. The van der Waals surface area contributed by atoms with Crippen LogP contribution in [0, 0.1) is 6.92 Å². The van der Waals surface area contributed by atoms with E-state index in [1.54, 1.807) is 13.1 Å². The second kappa shape index (κ2) is 8.06. The van der Waals surface area contributed by atoms with E-state index in [9.17, 15) is 4.79 Å². The second-order valence-electron chi connectivity index (χ2n) is 7.47. The molecule has 156 valence electrons. The van der Waals surface area contributed by atoms with Gasteiger partial charge in [-0.15, -0.1) is 0 Å². The number of likely N-dealkylation sites (tertiary alicyclic amines) is 1. The molecule has 2 aromatic heterocycles. The minimum atomic E-state index is -0.0608. The van der Waals surface area contributed by atoms with E-state index in [2.05, 4.69) is 20.3 Å². The number of aromatic nitrogens is 4. The molecule has 8 heteroatoms. The van der Waals surface area contributed by atoms with Crippen molar-refractivity contribution in [3.8, 4) is 28.4 Å². The minimum Gasteiger partial charge on any atom is -0.489 e. The summed E-state index contributed by atoms with van der Waals surface area (Å²) >= 11 is 0. The number of hydrogen-bond donors (Lipinski definition) is 1. The number of aromatic amines is 1. The second-order valence-corrected chi connectivity index (χ2v) is 7.47. The first-order valence-corrected chi connectivity index (χ1v) is 10.1. The fourth-order valence-electron chi connectivity index (χ4n) is 3.74. The highest BCUT2D eigenvalue weighted by atomic mass is 16.5. The van der Waals surface area contributed by atoms with Gasteiger partial charge in [-0.25, -0.2) is 0 Å². The number of benzene rings is 2. The molecular weight excluding hydrogens is 394 g/mol. The van der Waals surface area contributed by atoms with Gasteiger partial charge in [0, 0.05) is 31.0 Å². The van der Waals surface area contributed by atoms with Crippen molar-refractivity contribution >= 4 is 5.91 Å². The van der Waals surface area contributed by atoms with E-state index in [1.807, 2.05) is 59.5 Å². The summed E-state index contributed by atoms with van der Waals surface area (Å²) in [5, 5.41) is 11.0. The van der Waals surface area contributed by atoms with Gasteiger partial charge in [-0.05, 0) is 24.3 Å². The maximum atomic E-state index is 13.1. The van der Waals surface area contributed by atoms with Crippen LogP contribution in [0.25, 0.3) is 22.6 Å². The van der Waals surface area contributed by atoms with E-state index in [0.717, 1.165) is 29.0 Å². The molecular formula is C23H21N5O3. The molecule has 1 N–H and O–H groups in total. The smallest absolute Gasteiger partial charge is 0.257 e. The summed E-state index contributed by atoms with van der Waals surface area (Å²) in [6.07, 6.45) is 2.31. The molecule has 31 heavy (non-hydrogen) atoms. The lowest BCUT2D eigenvalue weighted by atomic mass is 10.1. The van der Waals surface area contributed by atoms with Gasteiger partial charge in [-0.1, -0.05) is 35.5 Å². The first kappa shape index (κ1) is 19.0. The zero-order valence-electron chi connectivity index (χ0n) is 17.0. The lowest BCUT2D eigenvalue weighted by Crippen LogP contribution is -2.31. The van der Waals surface area contributed by atoms with Crippen LogP contribution >= 0.6 is 0 Å². The Kier molecular flexibility index (Phi) is 4.95. The highest BCUT2D eigenvalue weighted by Crippen LogP contribution is 2.26. The lowest BCUT2D eigenvalue weighted by molar-refractivity contribution is 0.0773. The summed E-state index contributed by atoms with van der Waals surface area (Å²) in [6.45, 7) is 2.93. The Morgan fingerprint density at radius 2 is 1.94 bits per heavy atom. The summed E-state index contributed by atoms with van der Waals surface area (Å²) < 4.78 is 11.1. The molecule has 0 bridgehead atoms. The molecule has 1 fully saturated rings. The van der Waals surface area contributed by atoms with Crippen LogP contribution in [0.5, 0.6) is 5.75 Å². The summed E-state index contributed by atoms with van der Waals surface area (Å²) in [7, 11) is 0. The third-order valence-corrected chi connectivity index (χ3v) is 5.31. The third-order valence-electron chi connectivity index (χ3n) is 5.31. The summed E-state index contributed by atoms with van der Waals surface area (Å²) in [4.78, 5) is 19.1. The van der Waals surface area contributed by atoms with Crippen molar-refractivity contribution in [3.63, 3.8) is 0 Å². The Balaban J connectivity index is 1.24. The molecule has 1 amide bonds. The highest BCUT2D eigenvalue weighted by Gasteiger charge is 2.30. The number of H-pyrrole nitrogens is 1. The molecule has 5 rings (SSSR count). The fourth-order valence-corrected chi connectivity index (χ4v) is 3.74. The maximum Gasteiger partial charge on any atom is 0.257 e. The van der Waals surface area contributed by atoms with Crippen LogP contribution in [0.4, 0.5) is 0 Å². The quantitative estimate of drug-likeness (QED) is 0.533. The van der Waals surface area contributed by atoms with Gasteiger partial charge in [0.25, 0.3) is 5.91 Å². The van der Waals surface area contributed by atoms with Crippen LogP contribution < -0.4 is 4.74 Å². The van der Waals surface area contributed by atoms with Gasteiger partial charge in [0.05, 0.1) is 24.0 Å². The number of ether oxygens (including phenoxy) is 1. The maximum absolute atomic E-state index is 13.1. The average molecular weight is 415 g/mol. The van der Waals surface area contributed by atoms with E-state index in [0.29, 0.717) is 30.4 Å². The van der Waals surface area contributed by atoms with Crippen LogP contribution in [0.1, 0.15) is 22.7 Å². The molecule has 1 atom stereocenters. The number of aryl methyl sites for hydroxylation is 1. The molecule has 0 aliphatic carbocycles. The Hall–Kier alpha value is -3.94. The number of rotatable bonds is 5. The van der Waals surface area contributed by atoms with Gasteiger partial charge in [0.2, 0.25) is 11.7 Å². The molecule has 1 saturated heterocycles. The van der Waals surface area contributed by atoms with Crippen molar-refractivity contribution < 1.29 is 14.1 Å². The van der Waals surface area contributed by atoms with Crippen molar-refractivity contribution in [2.75, 3.05) is 13.1 Å². The van der Waals surface area contributed by atoms with Crippen molar-refractivity contribution in [1.29, 1.82) is 0 Å². The van der Waals surface area contributed by atoms with Crippen molar-refractivity contribution in [1.82, 2.24) is 25.2 Å². The monoisotopic (exact) mass is 415 g/mol. The zero-order valence-corrected chi connectivity index (χ0v) is 17.0. The minimum absolute atomic E-state index is 0.0403. The van der Waals surface area contributed by atoms with Crippen LogP contribution in [-0.2, 0) is 0 Å². The van der Waals surface area contributed by atoms with Crippen LogP contribution in [0.15, 0.2) is 65.3 Å². The Bertz CT molecular complexity index is 1180. The van der Waals surface area contributed by atoms with Gasteiger partial charge in [0.15, 0.2) is 0 Å². The van der Waals surface area contributed by atoms with E-state index in [-0.39, 0.29) is 12.0 Å². The van der Waals surface area contributed by atoms with Gasteiger partial charge >= 0.3 is 0 Å². The zero-order chi connectivity index (χ0) is 21.2. The summed E-state index contributed by atoms with van der Waals surface area (Å²) in [5.41, 5.74) is 3.11. The standard InChI is InChI=1S/C23H21N5O3/c1-15-25-22(27-31-15)17-7-9-18(10-8-17)30-19-11-12-28(14-19)23(29)20-13-24-26-21(20)16-5-3-2-4-6-16/h2-10,13,19H,11-12,14H2,1H3,(H,24,26). The average Bonchev–Trinajstić information content (AvgIpc) is 3.55. The van der Waals surface area contributed by atoms with E-state index >= 15 is 0 Å². The Morgan fingerprint density at radius 1 is 1.13 bits per heavy atom. The number of nitrogens with one attached hydrogen (secondary N) is 1. The van der Waals surface area contributed by atoms with Gasteiger partial charge < -0.3 is 14.2 Å². The number of amides is 1. The Morgan fingerprint density at radius 3 is 2.68 bits per heavy atom. The van der Waals surface area contributed by atoms with Crippen molar-refractivity contribution in [2.45, 2.75) is 19.4 Å². The molecule has 8 nitrogen and oxygen atoms in total. The van der Waals surface area contributed by atoms with Gasteiger partial charge in [-0.2, -0.15) is 10.1 Å². The molecule has 1 aliphatic heterocycles. The molecule has 0 radical (unpaired) electrons. The SMILES string of the molecule is Cc1nc(-c2ccc(OC3CCN(C(=O)c4cn[nH]c4-c4ccccc4)C3)cc2)no1. The Labute approximate surface area is 178 Å². The first-order chi connectivity index (χ1) is 15.2. The highest BCUT2D eigenvalue weighted by molar-refractivity contribution is 5.99. The molecule has 1 unspecified atom stereocenters. The summed E-state index contributed by atoms with van der Waals surface area (Å²) in [5.74, 6) is 1.79. The number of carbonyl (C=O) groups is 1. The molecule has 0 spiro atoms. The molecule has 0 saturated carbocycles. The first-order valence-electron chi connectivity index (χ1n) is 10.1. The topological polar surface area (TPSA) is 97.1 Å². The molecule has 3 heterocycles. The fraction of sp³-hybridized carbons (Fsp3) is 0.217.